The van der Waals surface area contributed by atoms with E-state index in [2.05, 4.69) is 20.3 Å². The van der Waals surface area contributed by atoms with Gasteiger partial charge in [0.1, 0.15) is 35.6 Å². The molecule has 0 spiro atoms. The molecule has 8 nitrogen and oxygen atoms in total. The summed E-state index contributed by atoms with van der Waals surface area (Å²) in [6.45, 7) is 1.31. The summed E-state index contributed by atoms with van der Waals surface area (Å²) in [6, 6.07) is 3.60. The van der Waals surface area contributed by atoms with Crippen molar-refractivity contribution in [2.45, 2.75) is 31.4 Å². The largest absolute Gasteiger partial charge is 0.480 e. The molecule has 0 radical (unpaired) electrons. The van der Waals surface area contributed by atoms with Crippen molar-refractivity contribution >= 4 is 17.4 Å². The number of aliphatic imine (C=N–C) groups is 1. The Hall–Kier alpha value is -3.21. The smallest absolute Gasteiger partial charge is 0.275 e. The molecule has 1 aliphatic heterocycles. The Morgan fingerprint density at radius 3 is 2.77 bits per heavy atom. The third-order valence-corrected chi connectivity index (χ3v) is 4.75. The third kappa shape index (κ3) is 4.06. The van der Waals surface area contributed by atoms with Crippen LogP contribution in [0.15, 0.2) is 35.6 Å². The van der Waals surface area contributed by atoms with E-state index < -0.39 is 29.8 Å². The molecule has 3 rings (SSSR count). The molecule has 30 heavy (non-hydrogen) atoms. The summed E-state index contributed by atoms with van der Waals surface area (Å²) in [4.78, 5) is 24.4. The maximum absolute atomic E-state index is 14.7. The van der Waals surface area contributed by atoms with Gasteiger partial charge >= 0.3 is 0 Å². The van der Waals surface area contributed by atoms with E-state index >= 15 is 0 Å². The number of hydrogen-bond donors (Lipinski definition) is 2. The Balaban J connectivity index is 1.97. The number of rotatable bonds is 6. The van der Waals surface area contributed by atoms with Crippen molar-refractivity contribution in [1.29, 1.82) is 0 Å². The normalized spacial score (nSPS) is 21.3. The number of benzene rings is 1. The van der Waals surface area contributed by atoms with Crippen LogP contribution >= 0.6 is 0 Å². The Kier molecular flexibility index (Phi) is 6.20. The van der Waals surface area contributed by atoms with E-state index in [1.165, 1.54) is 31.6 Å². The first-order valence-electron chi connectivity index (χ1n) is 9.02. The maximum Gasteiger partial charge on any atom is 0.275 e. The fourth-order valence-corrected chi connectivity index (χ4v) is 3.30. The average molecular weight is 423 g/mol. The molecule has 0 aliphatic carbocycles. The van der Waals surface area contributed by atoms with Crippen LogP contribution in [-0.4, -0.2) is 48.0 Å². The first-order chi connectivity index (χ1) is 14.3. The highest BCUT2D eigenvalue weighted by molar-refractivity contribution is 6.02. The van der Waals surface area contributed by atoms with Crippen LogP contribution < -0.4 is 15.8 Å². The summed E-state index contributed by atoms with van der Waals surface area (Å²) in [5.74, 6) is -1.18. The van der Waals surface area contributed by atoms with Gasteiger partial charge in [-0.05, 0) is 24.6 Å². The number of aromatic nitrogens is 2. The second-order valence-electron chi connectivity index (χ2n) is 6.54. The Labute approximate surface area is 170 Å². The molecule has 2 unspecified atom stereocenters. The number of alkyl halides is 2. The second-order valence-corrected chi connectivity index (χ2v) is 6.54. The molecule has 160 valence electrons. The lowest BCUT2D eigenvalue weighted by atomic mass is 9.81. The number of nitrogens with zero attached hydrogens (tertiary/aromatic N) is 3. The first-order valence-corrected chi connectivity index (χ1v) is 9.02. The van der Waals surface area contributed by atoms with Gasteiger partial charge < -0.3 is 20.5 Å². The van der Waals surface area contributed by atoms with Crippen molar-refractivity contribution in [2.75, 3.05) is 19.0 Å². The lowest BCUT2D eigenvalue weighted by Crippen LogP contribution is -2.50. The minimum Gasteiger partial charge on any atom is -0.480 e. The SMILES string of the molecule is CCC1(c2cc(NC(=O)c3cnc(OC)cn3)ccc2F)N=C(N)COC1C(F)F. The van der Waals surface area contributed by atoms with E-state index in [0.29, 0.717) is 0 Å². The molecule has 0 saturated carbocycles. The third-order valence-electron chi connectivity index (χ3n) is 4.75. The number of methoxy groups -OCH3 is 1. The average Bonchev–Trinajstić information content (AvgIpc) is 2.74. The van der Waals surface area contributed by atoms with Gasteiger partial charge in [0.2, 0.25) is 5.88 Å². The van der Waals surface area contributed by atoms with Gasteiger partial charge in [-0.3, -0.25) is 9.79 Å². The maximum atomic E-state index is 14.7. The Morgan fingerprint density at radius 1 is 1.40 bits per heavy atom. The molecule has 1 amide bonds. The lowest BCUT2D eigenvalue weighted by Gasteiger charge is -2.40. The number of carbonyl (C=O) groups is 1. The minimum atomic E-state index is -2.92. The number of halogens is 3. The molecule has 1 aromatic heterocycles. The van der Waals surface area contributed by atoms with Crippen molar-refractivity contribution in [1.82, 2.24) is 9.97 Å². The van der Waals surface area contributed by atoms with E-state index in [4.69, 9.17) is 15.2 Å². The monoisotopic (exact) mass is 423 g/mol. The molecule has 1 aliphatic rings. The molecule has 11 heteroatoms. The molecular weight excluding hydrogens is 403 g/mol. The van der Waals surface area contributed by atoms with Crippen molar-refractivity contribution in [3.05, 3.63) is 47.7 Å². The molecular formula is C19H20F3N5O3. The van der Waals surface area contributed by atoms with Crippen LogP contribution in [0.5, 0.6) is 5.88 Å². The zero-order valence-corrected chi connectivity index (χ0v) is 16.2. The van der Waals surface area contributed by atoms with E-state index in [0.717, 1.165) is 6.07 Å². The molecule has 2 aromatic rings. The van der Waals surface area contributed by atoms with Crippen LogP contribution in [0.1, 0.15) is 29.4 Å². The van der Waals surface area contributed by atoms with Crippen LogP contribution in [0.4, 0.5) is 18.9 Å². The fourth-order valence-electron chi connectivity index (χ4n) is 3.30. The van der Waals surface area contributed by atoms with Crippen molar-refractivity contribution in [3.63, 3.8) is 0 Å². The number of ether oxygens (including phenoxy) is 2. The van der Waals surface area contributed by atoms with E-state index in [1.54, 1.807) is 6.92 Å². The highest BCUT2D eigenvalue weighted by atomic mass is 19.3. The number of hydrogen-bond acceptors (Lipinski definition) is 7. The topological polar surface area (TPSA) is 112 Å². The van der Waals surface area contributed by atoms with E-state index in [1.807, 2.05) is 0 Å². The Morgan fingerprint density at radius 2 is 2.17 bits per heavy atom. The van der Waals surface area contributed by atoms with Crippen LogP contribution in [0.3, 0.4) is 0 Å². The molecule has 3 N–H and O–H groups in total. The van der Waals surface area contributed by atoms with Gasteiger partial charge in [0.15, 0.2) is 0 Å². The summed E-state index contributed by atoms with van der Waals surface area (Å²) in [6.07, 6.45) is -2.14. The summed E-state index contributed by atoms with van der Waals surface area (Å²) in [5.41, 5.74) is 3.97. The van der Waals surface area contributed by atoms with Gasteiger partial charge in [0, 0.05) is 11.3 Å². The quantitative estimate of drug-likeness (QED) is 0.739. The summed E-state index contributed by atoms with van der Waals surface area (Å²) in [7, 11) is 1.41. The van der Waals surface area contributed by atoms with Gasteiger partial charge in [-0.15, -0.1) is 0 Å². The lowest BCUT2D eigenvalue weighted by molar-refractivity contribution is -0.0940. The predicted molar refractivity (Wildman–Crippen MR) is 102 cm³/mol. The zero-order valence-electron chi connectivity index (χ0n) is 16.2. The van der Waals surface area contributed by atoms with Crippen molar-refractivity contribution < 1.29 is 27.4 Å². The molecule has 2 heterocycles. The van der Waals surface area contributed by atoms with Crippen LogP contribution in [0.2, 0.25) is 0 Å². The van der Waals surface area contributed by atoms with Gasteiger partial charge in [0.05, 0.1) is 19.5 Å². The van der Waals surface area contributed by atoms with E-state index in [-0.39, 0.29) is 41.7 Å². The summed E-state index contributed by atoms with van der Waals surface area (Å²) in [5, 5.41) is 2.54. The number of nitrogens with two attached hydrogens (primary N) is 1. The number of carbonyl (C=O) groups excluding carboxylic acids is 1. The number of amides is 1. The predicted octanol–water partition coefficient (Wildman–Crippen LogP) is 2.50. The number of amidine groups is 1. The van der Waals surface area contributed by atoms with Gasteiger partial charge in [0.25, 0.3) is 12.3 Å². The fraction of sp³-hybridized carbons (Fsp3) is 0.368. The van der Waals surface area contributed by atoms with Crippen LogP contribution in [0, 0.1) is 5.82 Å². The number of nitrogens with one attached hydrogen (secondary N) is 1. The zero-order chi connectivity index (χ0) is 21.9. The molecule has 1 aromatic carbocycles. The van der Waals surface area contributed by atoms with E-state index in [9.17, 15) is 18.0 Å². The Bertz CT molecular complexity index is 955. The van der Waals surface area contributed by atoms with Gasteiger partial charge in [-0.25, -0.2) is 23.1 Å². The highest BCUT2D eigenvalue weighted by Crippen LogP contribution is 2.42. The molecule has 2 atom stereocenters. The molecule has 0 saturated heterocycles. The van der Waals surface area contributed by atoms with Gasteiger partial charge in [-0.1, -0.05) is 6.92 Å². The second kappa shape index (κ2) is 8.66. The summed E-state index contributed by atoms with van der Waals surface area (Å²) < 4.78 is 52.2. The van der Waals surface area contributed by atoms with Gasteiger partial charge in [-0.2, -0.15) is 0 Å². The highest BCUT2D eigenvalue weighted by Gasteiger charge is 2.49. The van der Waals surface area contributed by atoms with Crippen LogP contribution in [-0.2, 0) is 10.3 Å². The first kappa shape index (κ1) is 21.5. The minimum absolute atomic E-state index is 0.000974. The van der Waals surface area contributed by atoms with Crippen molar-refractivity contribution in [2.24, 2.45) is 10.7 Å². The molecule has 0 fully saturated rings. The molecule has 0 bridgehead atoms. The number of anilines is 1. The van der Waals surface area contributed by atoms with Crippen LogP contribution in [0.25, 0.3) is 0 Å². The standard InChI is InChI=1S/C19H20F3N5O3/c1-3-19(16(17(21)22)30-9-14(23)27-19)11-6-10(4-5-12(11)20)26-18(28)13-7-25-15(29-2)8-24-13/h4-8,16-17H,3,9H2,1-2H3,(H2,23,27)(H,26,28). The summed E-state index contributed by atoms with van der Waals surface area (Å²) >= 11 is 0. The van der Waals surface area contributed by atoms with Crippen molar-refractivity contribution in [3.8, 4) is 5.88 Å².